The molecule has 2 saturated carbocycles. The molecule has 0 N–H and O–H groups in total. The van der Waals surface area contributed by atoms with E-state index in [1.165, 1.54) is 0 Å². The third-order valence-corrected chi connectivity index (χ3v) is 7.81. The highest BCUT2D eigenvalue weighted by Gasteiger charge is 2.29. The van der Waals surface area contributed by atoms with Gasteiger partial charge >= 0.3 is 0 Å². The second kappa shape index (κ2) is 12.1. The lowest BCUT2D eigenvalue weighted by molar-refractivity contribution is 0.224. The summed E-state index contributed by atoms with van der Waals surface area (Å²) >= 11 is 0. The molecule has 2 fully saturated rings. The number of ether oxygens (including phenoxy) is 1. The highest BCUT2D eigenvalue weighted by molar-refractivity contribution is 5.33. The van der Waals surface area contributed by atoms with Crippen LogP contribution in [0.4, 0.5) is 17.6 Å². The summed E-state index contributed by atoms with van der Waals surface area (Å²) in [6.07, 6.45) is 8.23. The number of allylic oxidation sites excluding steroid dienone is 3. The van der Waals surface area contributed by atoms with Crippen molar-refractivity contribution in [2.45, 2.75) is 89.9 Å². The van der Waals surface area contributed by atoms with E-state index in [1.807, 2.05) is 6.07 Å². The first-order valence-corrected chi connectivity index (χ1v) is 12.8. The Kier molecular flexibility index (Phi) is 9.44. The van der Waals surface area contributed by atoms with Crippen molar-refractivity contribution in [3.63, 3.8) is 0 Å². The van der Waals surface area contributed by atoms with Gasteiger partial charge in [0.05, 0.1) is 6.61 Å². The molecule has 3 rings (SSSR count). The van der Waals surface area contributed by atoms with E-state index in [-0.39, 0.29) is 29.8 Å². The molecule has 0 heterocycles. The van der Waals surface area contributed by atoms with Crippen LogP contribution in [0, 0.1) is 23.5 Å². The highest BCUT2D eigenvalue weighted by Crippen LogP contribution is 2.42. The number of rotatable bonds is 9. The molecule has 1 aromatic carbocycles. The van der Waals surface area contributed by atoms with Crippen molar-refractivity contribution in [2.24, 2.45) is 11.8 Å². The Bertz CT molecular complexity index is 903. The molecule has 188 valence electrons. The maximum atomic E-state index is 15.0. The first-order chi connectivity index (χ1) is 16.2. The van der Waals surface area contributed by atoms with Crippen molar-refractivity contribution in [3.8, 4) is 0 Å². The molecule has 0 amide bonds. The zero-order chi connectivity index (χ0) is 24.8. The summed E-state index contributed by atoms with van der Waals surface area (Å²) in [5, 5.41) is 0. The van der Waals surface area contributed by atoms with Gasteiger partial charge in [0.1, 0.15) is 0 Å². The molecule has 2 aliphatic rings. The Labute approximate surface area is 202 Å². The van der Waals surface area contributed by atoms with Gasteiger partial charge in [0.15, 0.2) is 29.0 Å². The average Bonchev–Trinajstić information content (AvgIpc) is 2.84. The molecule has 0 unspecified atom stereocenters. The Hall–Kier alpha value is -2.04. The van der Waals surface area contributed by atoms with E-state index in [2.05, 4.69) is 20.1 Å². The zero-order valence-corrected chi connectivity index (χ0v) is 20.6. The Morgan fingerprint density at radius 2 is 1.35 bits per heavy atom. The summed E-state index contributed by atoms with van der Waals surface area (Å²) in [6, 6.07) is 3.61. The van der Waals surface area contributed by atoms with Crippen LogP contribution >= 0.6 is 0 Å². The fourth-order valence-electron chi connectivity index (χ4n) is 5.55. The first kappa shape index (κ1) is 26.6. The minimum atomic E-state index is -1.10. The van der Waals surface area contributed by atoms with Crippen LogP contribution in [0.3, 0.4) is 0 Å². The molecule has 0 aromatic heterocycles. The van der Waals surface area contributed by atoms with E-state index < -0.39 is 23.3 Å². The predicted molar refractivity (Wildman–Crippen MR) is 130 cm³/mol. The molecule has 34 heavy (non-hydrogen) atoms. The van der Waals surface area contributed by atoms with Gasteiger partial charge in [0.25, 0.3) is 0 Å². The van der Waals surface area contributed by atoms with Crippen LogP contribution in [0.5, 0.6) is 0 Å². The van der Waals surface area contributed by atoms with E-state index in [4.69, 9.17) is 4.74 Å². The highest BCUT2D eigenvalue weighted by atomic mass is 19.2. The smallest absolute Gasteiger partial charge is 0.200 e. The fourth-order valence-corrected chi connectivity index (χ4v) is 5.55. The van der Waals surface area contributed by atoms with Crippen LogP contribution in [0.1, 0.15) is 101 Å². The maximum absolute atomic E-state index is 15.0. The molecule has 0 radical (unpaired) electrons. The van der Waals surface area contributed by atoms with Gasteiger partial charge in [-0.25, -0.2) is 13.2 Å². The predicted octanol–water partition coefficient (Wildman–Crippen LogP) is 9.57. The van der Waals surface area contributed by atoms with Crippen molar-refractivity contribution in [2.75, 3.05) is 6.61 Å². The van der Waals surface area contributed by atoms with Crippen molar-refractivity contribution in [1.29, 1.82) is 0 Å². The summed E-state index contributed by atoms with van der Waals surface area (Å²) in [6.45, 7) is 11.2. The van der Waals surface area contributed by atoms with E-state index in [0.29, 0.717) is 35.8 Å². The summed E-state index contributed by atoms with van der Waals surface area (Å²) in [5.41, 5.74) is 1.12. The zero-order valence-electron chi connectivity index (χ0n) is 20.6. The van der Waals surface area contributed by atoms with Crippen LogP contribution in [0.15, 0.2) is 48.3 Å². The summed E-state index contributed by atoms with van der Waals surface area (Å²) in [4.78, 5) is 0. The van der Waals surface area contributed by atoms with Crippen molar-refractivity contribution in [1.82, 2.24) is 0 Å². The number of hydrogen-bond acceptors (Lipinski definition) is 1. The molecule has 5 heteroatoms. The molecule has 0 aliphatic heterocycles. The lowest BCUT2D eigenvalue weighted by atomic mass is 9.75. The first-order valence-electron chi connectivity index (χ1n) is 12.8. The van der Waals surface area contributed by atoms with Crippen LogP contribution in [0.2, 0.25) is 0 Å². The van der Waals surface area contributed by atoms with E-state index in [0.717, 1.165) is 51.4 Å². The maximum Gasteiger partial charge on any atom is 0.200 e. The summed E-state index contributed by atoms with van der Waals surface area (Å²) < 4.78 is 63.2. The van der Waals surface area contributed by atoms with Crippen LogP contribution in [-0.4, -0.2) is 6.61 Å². The van der Waals surface area contributed by atoms with E-state index >= 15 is 4.39 Å². The normalized spacial score (nSPS) is 26.1. The van der Waals surface area contributed by atoms with Crippen LogP contribution < -0.4 is 0 Å². The average molecular weight is 479 g/mol. The van der Waals surface area contributed by atoms with Crippen molar-refractivity contribution >= 4 is 0 Å². The summed E-state index contributed by atoms with van der Waals surface area (Å²) in [7, 11) is 0. The molecular weight excluding hydrogens is 440 g/mol. The second-order valence-electron chi connectivity index (χ2n) is 10.2. The fraction of sp³-hybridized carbons (Fsp3) is 0.586. The third-order valence-electron chi connectivity index (χ3n) is 7.81. The van der Waals surface area contributed by atoms with Gasteiger partial charge in [-0.05, 0) is 98.7 Å². The van der Waals surface area contributed by atoms with Gasteiger partial charge in [0.2, 0.25) is 0 Å². The van der Waals surface area contributed by atoms with Crippen LogP contribution in [-0.2, 0) is 4.74 Å². The standard InChI is InChI=1S/C29H38F4O/c1-5-34-20(4)27(31)26(30)19(3)8-9-21-10-14-23(15-11-21)25-17-16-24(28(32)29(25)33)22-12-6-18(2)7-13-22/h16-18,21-23H,3-15H2,1-2H3/b27-26-. The second-order valence-corrected chi connectivity index (χ2v) is 10.2. The van der Waals surface area contributed by atoms with Gasteiger partial charge in [-0.15, -0.1) is 0 Å². The van der Waals surface area contributed by atoms with Gasteiger partial charge in [-0.3, -0.25) is 0 Å². The molecule has 0 atom stereocenters. The monoisotopic (exact) mass is 478 g/mol. The SMILES string of the molecule is C=C(CCC1CCC(c2ccc(C3CCC(C)CC3)c(F)c2F)CC1)/C(F)=C(/F)C(=C)OCC. The lowest BCUT2D eigenvalue weighted by Crippen LogP contribution is -2.17. The van der Waals surface area contributed by atoms with Gasteiger partial charge < -0.3 is 4.74 Å². The molecule has 2 aliphatic carbocycles. The van der Waals surface area contributed by atoms with E-state index in [9.17, 15) is 13.2 Å². The largest absolute Gasteiger partial charge is 0.491 e. The molecule has 0 saturated heterocycles. The Balaban J connectivity index is 1.54. The van der Waals surface area contributed by atoms with Crippen molar-refractivity contribution < 1.29 is 22.3 Å². The molecule has 0 bridgehead atoms. The van der Waals surface area contributed by atoms with Gasteiger partial charge in [0, 0.05) is 0 Å². The number of benzene rings is 1. The quantitative estimate of drug-likeness (QED) is 0.195. The van der Waals surface area contributed by atoms with Gasteiger partial charge in [-0.1, -0.05) is 45.1 Å². The molecule has 1 aromatic rings. The number of halogens is 4. The van der Waals surface area contributed by atoms with Crippen LogP contribution in [0.25, 0.3) is 0 Å². The third kappa shape index (κ3) is 6.34. The minimum absolute atomic E-state index is 0.00188. The Morgan fingerprint density at radius 1 is 0.853 bits per heavy atom. The summed E-state index contributed by atoms with van der Waals surface area (Å²) in [5.74, 6) is -2.64. The van der Waals surface area contributed by atoms with Gasteiger partial charge in [-0.2, -0.15) is 4.39 Å². The molecule has 1 nitrogen and oxygen atoms in total. The van der Waals surface area contributed by atoms with Crippen molar-refractivity contribution in [3.05, 3.63) is 71.0 Å². The molecular formula is C29H38F4O. The molecule has 0 spiro atoms. The van der Waals surface area contributed by atoms with E-state index in [1.54, 1.807) is 13.0 Å². The minimum Gasteiger partial charge on any atom is -0.491 e. The topological polar surface area (TPSA) is 9.23 Å². The number of hydrogen-bond donors (Lipinski definition) is 0. The Morgan fingerprint density at radius 3 is 1.85 bits per heavy atom. The lowest BCUT2D eigenvalue weighted by Gasteiger charge is -2.30.